The first-order chi connectivity index (χ1) is 14.0. The summed E-state index contributed by atoms with van der Waals surface area (Å²) >= 11 is 0. The molecule has 0 bridgehead atoms. The number of hydrogen-bond acceptors (Lipinski definition) is 3. The van der Waals surface area contributed by atoms with Gasteiger partial charge in [-0.2, -0.15) is 0 Å². The van der Waals surface area contributed by atoms with Crippen LogP contribution in [0.1, 0.15) is 32.6 Å². The Bertz CT molecular complexity index is 1280. The summed E-state index contributed by atoms with van der Waals surface area (Å²) in [7, 11) is 0. The first-order valence-electron chi connectivity index (χ1n) is 9.14. The van der Waals surface area contributed by atoms with Gasteiger partial charge >= 0.3 is 5.63 Å². The van der Waals surface area contributed by atoms with Gasteiger partial charge < -0.3 is 4.42 Å². The van der Waals surface area contributed by atoms with E-state index in [1.54, 1.807) is 24.3 Å². The summed E-state index contributed by atoms with van der Waals surface area (Å²) in [6, 6.07) is 20.1. The molecule has 0 N–H and O–H groups in total. The molecule has 29 heavy (non-hydrogen) atoms. The standard InChI is InChI=1S/C25H17FO3/c1-16-6-8-17(9-7-16)10-15-21-20-4-2-3-5-22(20)29-25(28)23(21)24(27)18-11-13-19(26)14-12-18/h2-15H,1H3/b15-10+. The molecule has 0 aliphatic heterocycles. The van der Waals surface area contributed by atoms with Crippen LogP contribution in [0.25, 0.3) is 23.1 Å². The third-order valence-corrected chi connectivity index (χ3v) is 4.71. The van der Waals surface area contributed by atoms with E-state index in [-0.39, 0.29) is 11.1 Å². The molecule has 0 aliphatic carbocycles. The zero-order chi connectivity index (χ0) is 20.4. The molecule has 4 heteroatoms. The average molecular weight is 384 g/mol. The molecular weight excluding hydrogens is 367 g/mol. The molecule has 0 aliphatic rings. The van der Waals surface area contributed by atoms with Gasteiger partial charge in [0.15, 0.2) is 0 Å². The lowest BCUT2D eigenvalue weighted by Crippen LogP contribution is -2.17. The first-order valence-corrected chi connectivity index (χ1v) is 9.14. The number of carbonyl (C=O) groups is 1. The van der Waals surface area contributed by atoms with Crippen LogP contribution in [0.2, 0.25) is 0 Å². The van der Waals surface area contributed by atoms with Crippen molar-refractivity contribution in [3.63, 3.8) is 0 Å². The number of halogens is 1. The van der Waals surface area contributed by atoms with Crippen molar-refractivity contribution in [1.29, 1.82) is 0 Å². The van der Waals surface area contributed by atoms with Crippen LogP contribution in [0.15, 0.2) is 82.0 Å². The summed E-state index contributed by atoms with van der Waals surface area (Å²) in [5, 5.41) is 0.654. The van der Waals surface area contributed by atoms with Crippen molar-refractivity contribution < 1.29 is 13.6 Å². The number of aryl methyl sites for hydroxylation is 1. The van der Waals surface area contributed by atoms with E-state index in [9.17, 15) is 14.0 Å². The SMILES string of the molecule is Cc1ccc(/C=C/c2c(C(=O)c3ccc(F)cc3)c(=O)oc3ccccc23)cc1. The minimum absolute atomic E-state index is 0.0707. The molecular formula is C25H17FO3. The Balaban J connectivity index is 1.91. The molecule has 0 radical (unpaired) electrons. The Kier molecular flexibility index (Phi) is 4.92. The molecule has 0 fully saturated rings. The second kappa shape index (κ2) is 7.68. The predicted molar refractivity (Wildman–Crippen MR) is 112 cm³/mol. The number of carbonyl (C=O) groups excluding carboxylic acids is 1. The summed E-state index contributed by atoms with van der Waals surface area (Å²) < 4.78 is 18.6. The number of rotatable bonds is 4. The van der Waals surface area contributed by atoms with Crippen LogP contribution in [0, 0.1) is 12.7 Å². The molecule has 0 unspecified atom stereocenters. The number of para-hydroxylation sites is 1. The van der Waals surface area contributed by atoms with Crippen LogP contribution < -0.4 is 5.63 Å². The molecule has 0 saturated heterocycles. The summed E-state index contributed by atoms with van der Waals surface area (Å²) in [6.07, 6.45) is 3.60. The van der Waals surface area contributed by atoms with Crippen LogP contribution in [-0.2, 0) is 0 Å². The monoisotopic (exact) mass is 384 g/mol. The van der Waals surface area contributed by atoms with E-state index in [0.717, 1.165) is 11.1 Å². The van der Waals surface area contributed by atoms with E-state index in [4.69, 9.17) is 4.42 Å². The van der Waals surface area contributed by atoms with Gasteiger partial charge in [-0.3, -0.25) is 4.79 Å². The Morgan fingerprint density at radius 3 is 2.31 bits per heavy atom. The molecule has 0 saturated carbocycles. The van der Waals surface area contributed by atoms with E-state index in [1.165, 1.54) is 24.3 Å². The summed E-state index contributed by atoms with van der Waals surface area (Å²) in [5.74, 6) is -0.959. The van der Waals surface area contributed by atoms with Crippen molar-refractivity contribution in [2.45, 2.75) is 6.92 Å². The van der Waals surface area contributed by atoms with Crippen LogP contribution >= 0.6 is 0 Å². The second-order valence-corrected chi connectivity index (χ2v) is 6.75. The van der Waals surface area contributed by atoms with Gasteiger partial charge in [-0.1, -0.05) is 60.2 Å². The molecule has 3 aromatic carbocycles. The highest BCUT2D eigenvalue weighted by Crippen LogP contribution is 2.24. The highest BCUT2D eigenvalue weighted by Gasteiger charge is 2.21. The van der Waals surface area contributed by atoms with Crippen molar-refractivity contribution in [1.82, 2.24) is 0 Å². The number of ketones is 1. The quantitative estimate of drug-likeness (QED) is 0.338. The lowest BCUT2D eigenvalue weighted by atomic mass is 9.96. The minimum Gasteiger partial charge on any atom is -0.422 e. The Morgan fingerprint density at radius 1 is 0.897 bits per heavy atom. The van der Waals surface area contributed by atoms with Gasteiger partial charge in [0, 0.05) is 16.5 Å². The largest absolute Gasteiger partial charge is 0.422 e. The van der Waals surface area contributed by atoms with E-state index in [2.05, 4.69) is 0 Å². The van der Waals surface area contributed by atoms with Crippen LogP contribution in [0.5, 0.6) is 0 Å². The fourth-order valence-corrected chi connectivity index (χ4v) is 3.16. The van der Waals surface area contributed by atoms with Gasteiger partial charge in [0.2, 0.25) is 5.78 Å². The van der Waals surface area contributed by atoms with Gasteiger partial charge in [0.05, 0.1) is 0 Å². The number of fused-ring (bicyclic) bond motifs is 1. The number of benzene rings is 3. The van der Waals surface area contributed by atoms with Crippen LogP contribution in [0.3, 0.4) is 0 Å². The maximum atomic E-state index is 13.3. The molecule has 3 nitrogen and oxygen atoms in total. The summed E-state index contributed by atoms with van der Waals surface area (Å²) in [6.45, 7) is 2.00. The van der Waals surface area contributed by atoms with Crippen molar-refractivity contribution in [3.8, 4) is 0 Å². The highest BCUT2D eigenvalue weighted by atomic mass is 19.1. The van der Waals surface area contributed by atoms with Crippen molar-refractivity contribution >= 4 is 28.9 Å². The molecule has 1 heterocycles. The first kappa shape index (κ1) is 18.6. The lowest BCUT2D eigenvalue weighted by Gasteiger charge is -2.08. The van der Waals surface area contributed by atoms with E-state index in [1.807, 2.05) is 43.3 Å². The Labute approximate surface area is 166 Å². The van der Waals surface area contributed by atoms with Crippen molar-refractivity contribution in [2.75, 3.05) is 0 Å². The molecule has 4 rings (SSSR count). The predicted octanol–water partition coefficient (Wildman–Crippen LogP) is 5.64. The third-order valence-electron chi connectivity index (χ3n) is 4.71. The second-order valence-electron chi connectivity index (χ2n) is 6.75. The highest BCUT2D eigenvalue weighted by molar-refractivity contribution is 6.13. The fourth-order valence-electron chi connectivity index (χ4n) is 3.16. The third kappa shape index (κ3) is 3.78. The van der Waals surface area contributed by atoms with Crippen molar-refractivity contribution in [3.05, 3.63) is 117 Å². The molecule has 0 atom stereocenters. The Morgan fingerprint density at radius 2 is 1.59 bits per heavy atom. The van der Waals surface area contributed by atoms with Gasteiger partial charge in [-0.15, -0.1) is 0 Å². The molecule has 1 aromatic heterocycles. The van der Waals surface area contributed by atoms with E-state index in [0.29, 0.717) is 16.5 Å². The van der Waals surface area contributed by atoms with E-state index < -0.39 is 17.2 Å². The van der Waals surface area contributed by atoms with Crippen LogP contribution in [-0.4, -0.2) is 5.78 Å². The maximum Gasteiger partial charge on any atom is 0.348 e. The van der Waals surface area contributed by atoms with Crippen molar-refractivity contribution in [2.24, 2.45) is 0 Å². The maximum absolute atomic E-state index is 13.3. The van der Waals surface area contributed by atoms with Gasteiger partial charge in [-0.25, -0.2) is 9.18 Å². The molecule has 0 amide bonds. The summed E-state index contributed by atoms with van der Waals surface area (Å²) in [5.41, 5.74) is 2.39. The van der Waals surface area contributed by atoms with Gasteiger partial charge in [0.1, 0.15) is 17.0 Å². The topological polar surface area (TPSA) is 47.3 Å². The summed E-state index contributed by atoms with van der Waals surface area (Å²) in [4.78, 5) is 25.8. The normalized spacial score (nSPS) is 11.2. The minimum atomic E-state index is -0.721. The zero-order valence-electron chi connectivity index (χ0n) is 15.7. The zero-order valence-corrected chi connectivity index (χ0v) is 15.7. The average Bonchev–Trinajstić information content (AvgIpc) is 2.73. The van der Waals surface area contributed by atoms with Crippen LogP contribution in [0.4, 0.5) is 4.39 Å². The molecule has 142 valence electrons. The Hall–Kier alpha value is -3.79. The fraction of sp³-hybridized carbons (Fsp3) is 0.0400. The van der Waals surface area contributed by atoms with Gasteiger partial charge in [-0.05, 0) is 42.8 Å². The smallest absolute Gasteiger partial charge is 0.348 e. The van der Waals surface area contributed by atoms with Gasteiger partial charge in [0.25, 0.3) is 0 Å². The molecule has 4 aromatic rings. The van der Waals surface area contributed by atoms with E-state index >= 15 is 0 Å². The lowest BCUT2D eigenvalue weighted by molar-refractivity contribution is 0.103. The molecule has 0 spiro atoms. The number of hydrogen-bond donors (Lipinski definition) is 0.